The Kier molecular flexibility index (Phi) is 8.95. The molecule has 0 aliphatic heterocycles. The molecular weight excluding hydrogens is 238 g/mol. The molecule has 0 aromatic heterocycles. The fourth-order valence-electron chi connectivity index (χ4n) is 1.32. The number of likely N-dealkylation sites (N-methyl/N-ethyl adjacent to an activating group) is 1. The predicted molar refractivity (Wildman–Crippen MR) is 67.5 cm³/mol. The lowest BCUT2D eigenvalue weighted by molar-refractivity contribution is -0.136. The monoisotopic (exact) mass is 261 g/mol. The van der Waals surface area contributed by atoms with Gasteiger partial charge in [0.2, 0.25) is 5.91 Å². The van der Waals surface area contributed by atoms with Crippen LogP contribution in [0.15, 0.2) is 5.16 Å². The molecule has 0 bridgehead atoms. The van der Waals surface area contributed by atoms with Crippen molar-refractivity contribution in [3.05, 3.63) is 0 Å². The molecule has 106 valence electrons. The Morgan fingerprint density at radius 1 is 1.50 bits per heavy atom. The molecule has 7 nitrogen and oxygen atoms in total. The van der Waals surface area contributed by atoms with E-state index in [4.69, 9.17) is 20.4 Å². The zero-order chi connectivity index (χ0) is 14.0. The summed E-state index contributed by atoms with van der Waals surface area (Å²) in [5.41, 5.74) is 5.47. The molecule has 0 aliphatic carbocycles. The highest BCUT2D eigenvalue weighted by Crippen LogP contribution is 2.01. The summed E-state index contributed by atoms with van der Waals surface area (Å²) in [6, 6.07) is 0. The van der Waals surface area contributed by atoms with Crippen LogP contribution in [0.1, 0.15) is 13.8 Å². The van der Waals surface area contributed by atoms with E-state index in [-0.39, 0.29) is 24.3 Å². The fraction of sp³-hybridized carbons (Fsp3) is 0.818. The number of ether oxygens (including phenoxy) is 2. The van der Waals surface area contributed by atoms with Crippen LogP contribution in [0.3, 0.4) is 0 Å². The standard InChI is InChI=1S/C11H23N3O4/c1-4-14(7-9(2)11(12)13-16)10(15)8-18-6-5-17-3/h9,16H,4-8H2,1-3H3,(H2,12,13). The minimum absolute atomic E-state index is 0.0140. The van der Waals surface area contributed by atoms with Crippen molar-refractivity contribution >= 4 is 11.7 Å². The number of rotatable bonds is 9. The molecule has 0 heterocycles. The van der Waals surface area contributed by atoms with Crippen molar-refractivity contribution in [2.75, 3.05) is 40.0 Å². The van der Waals surface area contributed by atoms with E-state index in [0.717, 1.165) is 0 Å². The maximum Gasteiger partial charge on any atom is 0.248 e. The number of oxime groups is 1. The van der Waals surface area contributed by atoms with Gasteiger partial charge in [0.15, 0.2) is 0 Å². The quantitative estimate of drug-likeness (QED) is 0.198. The number of carbonyl (C=O) groups is 1. The van der Waals surface area contributed by atoms with Gasteiger partial charge in [0.05, 0.1) is 13.2 Å². The number of amidine groups is 1. The summed E-state index contributed by atoms with van der Waals surface area (Å²) in [7, 11) is 1.57. The van der Waals surface area contributed by atoms with E-state index in [1.54, 1.807) is 18.9 Å². The molecule has 0 radical (unpaired) electrons. The van der Waals surface area contributed by atoms with Crippen LogP contribution in [0.2, 0.25) is 0 Å². The number of methoxy groups -OCH3 is 1. The molecule has 0 saturated heterocycles. The lowest BCUT2D eigenvalue weighted by Gasteiger charge is -2.23. The summed E-state index contributed by atoms with van der Waals surface area (Å²) in [4.78, 5) is 13.4. The van der Waals surface area contributed by atoms with Crippen LogP contribution >= 0.6 is 0 Å². The third-order valence-corrected chi connectivity index (χ3v) is 2.51. The van der Waals surface area contributed by atoms with Crippen molar-refractivity contribution in [3.63, 3.8) is 0 Å². The maximum absolute atomic E-state index is 11.8. The topological polar surface area (TPSA) is 97.4 Å². The van der Waals surface area contributed by atoms with Crippen LogP contribution in [0, 0.1) is 5.92 Å². The van der Waals surface area contributed by atoms with Crippen molar-refractivity contribution < 1.29 is 19.5 Å². The Hall–Kier alpha value is -1.34. The summed E-state index contributed by atoms with van der Waals surface area (Å²) >= 11 is 0. The summed E-state index contributed by atoms with van der Waals surface area (Å²) in [6.45, 7) is 5.47. The van der Waals surface area contributed by atoms with Crippen LogP contribution in [-0.2, 0) is 14.3 Å². The minimum atomic E-state index is -0.196. The summed E-state index contributed by atoms with van der Waals surface area (Å²) in [5, 5.41) is 11.5. The van der Waals surface area contributed by atoms with Crippen LogP contribution in [0.5, 0.6) is 0 Å². The summed E-state index contributed by atoms with van der Waals surface area (Å²) in [6.07, 6.45) is 0. The second-order valence-corrected chi connectivity index (χ2v) is 3.90. The summed E-state index contributed by atoms with van der Waals surface area (Å²) < 4.78 is 9.97. The molecule has 0 aromatic rings. The molecule has 3 N–H and O–H groups in total. The molecule has 0 aromatic carbocycles. The van der Waals surface area contributed by atoms with Crippen LogP contribution in [0.4, 0.5) is 0 Å². The molecule has 1 unspecified atom stereocenters. The van der Waals surface area contributed by atoms with Crippen molar-refractivity contribution in [2.45, 2.75) is 13.8 Å². The van der Waals surface area contributed by atoms with E-state index in [2.05, 4.69) is 5.16 Å². The first-order valence-corrected chi connectivity index (χ1v) is 5.88. The second kappa shape index (κ2) is 9.67. The van der Waals surface area contributed by atoms with Gasteiger partial charge in [-0.1, -0.05) is 12.1 Å². The number of nitrogens with zero attached hydrogens (tertiary/aromatic N) is 2. The average molecular weight is 261 g/mol. The average Bonchev–Trinajstić information content (AvgIpc) is 2.39. The first-order valence-electron chi connectivity index (χ1n) is 5.88. The van der Waals surface area contributed by atoms with Gasteiger partial charge in [-0.15, -0.1) is 0 Å². The molecule has 7 heteroatoms. The Morgan fingerprint density at radius 3 is 2.67 bits per heavy atom. The third kappa shape index (κ3) is 6.41. The smallest absolute Gasteiger partial charge is 0.248 e. The van der Waals surface area contributed by atoms with Crippen LogP contribution in [0.25, 0.3) is 0 Å². The first kappa shape index (κ1) is 16.7. The third-order valence-electron chi connectivity index (χ3n) is 2.51. The van der Waals surface area contributed by atoms with Gasteiger partial charge in [0.1, 0.15) is 12.4 Å². The van der Waals surface area contributed by atoms with Crippen molar-refractivity contribution in [3.8, 4) is 0 Å². The minimum Gasteiger partial charge on any atom is -0.409 e. The van der Waals surface area contributed by atoms with Gasteiger partial charge in [-0.3, -0.25) is 4.79 Å². The Labute approximate surface area is 108 Å². The number of hydrogen-bond acceptors (Lipinski definition) is 5. The zero-order valence-corrected chi connectivity index (χ0v) is 11.3. The van der Waals surface area contributed by atoms with Crippen LogP contribution in [-0.4, -0.2) is 61.9 Å². The molecule has 0 aliphatic rings. The number of nitrogens with two attached hydrogens (primary N) is 1. The highest BCUT2D eigenvalue weighted by Gasteiger charge is 2.17. The van der Waals surface area contributed by atoms with E-state index in [1.807, 2.05) is 6.92 Å². The number of carbonyl (C=O) groups excluding carboxylic acids is 1. The second-order valence-electron chi connectivity index (χ2n) is 3.90. The molecular formula is C11H23N3O4. The van der Waals surface area contributed by atoms with E-state index < -0.39 is 0 Å². The van der Waals surface area contributed by atoms with E-state index in [9.17, 15) is 4.79 Å². The largest absolute Gasteiger partial charge is 0.409 e. The van der Waals surface area contributed by atoms with Gasteiger partial charge < -0.3 is 25.3 Å². The highest BCUT2D eigenvalue weighted by atomic mass is 16.5. The molecule has 0 saturated carbocycles. The van der Waals surface area contributed by atoms with E-state index >= 15 is 0 Å². The first-order chi connectivity index (χ1) is 8.56. The number of amides is 1. The van der Waals surface area contributed by atoms with Gasteiger partial charge in [0.25, 0.3) is 0 Å². The molecule has 0 spiro atoms. The lowest BCUT2D eigenvalue weighted by Crippen LogP contribution is -2.40. The molecule has 18 heavy (non-hydrogen) atoms. The van der Waals surface area contributed by atoms with Crippen LogP contribution < -0.4 is 5.73 Å². The zero-order valence-electron chi connectivity index (χ0n) is 11.3. The fourth-order valence-corrected chi connectivity index (χ4v) is 1.32. The molecule has 1 atom stereocenters. The van der Waals surface area contributed by atoms with Crippen molar-refractivity contribution in [1.29, 1.82) is 0 Å². The summed E-state index contributed by atoms with van der Waals surface area (Å²) in [5.74, 6) is -0.203. The van der Waals surface area contributed by atoms with Crippen molar-refractivity contribution in [1.82, 2.24) is 4.90 Å². The predicted octanol–water partition coefficient (Wildman–Crippen LogP) is -0.120. The normalized spacial score (nSPS) is 13.4. The molecule has 0 fully saturated rings. The SMILES string of the molecule is CCN(CC(C)C(N)=NO)C(=O)COCCOC. The maximum atomic E-state index is 11.8. The Balaban J connectivity index is 4.11. The number of hydrogen-bond donors (Lipinski definition) is 2. The Bertz CT molecular complexity index is 271. The van der Waals surface area contributed by atoms with Crippen molar-refractivity contribution in [2.24, 2.45) is 16.8 Å². The van der Waals surface area contributed by atoms with Gasteiger partial charge in [-0.25, -0.2) is 0 Å². The highest BCUT2D eigenvalue weighted by molar-refractivity contribution is 5.83. The molecule has 1 amide bonds. The van der Waals surface area contributed by atoms with Gasteiger partial charge in [-0.05, 0) is 6.92 Å². The van der Waals surface area contributed by atoms with E-state index in [0.29, 0.717) is 26.3 Å². The lowest BCUT2D eigenvalue weighted by atomic mass is 10.1. The molecule has 0 rings (SSSR count). The van der Waals surface area contributed by atoms with E-state index in [1.165, 1.54) is 0 Å². The Morgan fingerprint density at radius 2 is 2.17 bits per heavy atom. The van der Waals surface area contributed by atoms with Gasteiger partial charge >= 0.3 is 0 Å². The van der Waals surface area contributed by atoms with Gasteiger partial charge in [-0.2, -0.15) is 0 Å². The van der Waals surface area contributed by atoms with Gasteiger partial charge in [0, 0.05) is 26.1 Å².